The van der Waals surface area contributed by atoms with Crippen molar-refractivity contribution in [2.24, 2.45) is 5.92 Å². The van der Waals surface area contributed by atoms with E-state index in [2.05, 4.69) is 6.92 Å². The van der Waals surface area contributed by atoms with Crippen LogP contribution in [0.25, 0.3) is 0 Å². The molecule has 32 heavy (non-hydrogen) atoms. The summed E-state index contributed by atoms with van der Waals surface area (Å²) in [5.74, 6) is -0.0192. The molecule has 0 aromatic rings. The highest BCUT2D eigenvalue weighted by Gasteiger charge is 2.16. The Morgan fingerprint density at radius 2 is 1.03 bits per heavy atom. The summed E-state index contributed by atoms with van der Waals surface area (Å²) in [6.45, 7) is 3.28. The van der Waals surface area contributed by atoms with Crippen LogP contribution < -0.4 is 0 Å². The van der Waals surface area contributed by atoms with Crippen LogP contribution in [0, 0.1) is 5.92 Å². The fourth-order valence-electron chi connectivity index (χ4n) is 4.57. The first-order chi connectivity index (χ1) is 15.7. The molecule has 1 aliphatic carbocycles. The monoisotopic (exact) mass is 452 g/mol. The third kappa shape index (κ3) is 18.5. The zero-order chi connectivity index (χ0) is 23.1. The lowest BCUT2D eigenvalue weighted by atomic mass is 9.90. The minimum atomic E-state index is -0.273. The largest absolute Gasteiger partial charge is 0.466 e. The molecule has 0 heterocycles. The summed E-state index contributed by atoms with van der Waals surface area (Å²) in [6.07, 6.45) is 26.3. The number of carbonyl (C=O) groups excluding carboxylic acids is 2. The van der Waals surface area contributed by atoms with Gasteiger partial charge in [-0.2, -0.15) is 0 Å². The lowest BCUT2D eigenvalue weighted by Crippen LogP contribution is -2.17. The Hall–Kier alpha value is -1.06. The van der Waals surface area contributed by atoms with E-state index < -0.39 is 0 Å². The van der Waals surface area contributed by atoms with Gasteiger partial charge in [0.2, 0.25) is 0 Å². The summed E-state index contributed by atoms with van der Waals surface area (Å²) in [5, 5.41) is 0. The Bertz CT molecular complexity index is 443. The van der Waals surface area contributed by atoms with Gasteiger partial charge in [0.15, 0.2) is 0 Å². The third-order valence-corrected chi connectivity index (χ3v) is 6.75. The summed E-state index contributed by atoms with van der Waals surface area (Å²) in [5.41, 5.74) is 0. The number of unbranched alkanes of at least 4 members (excludes halogenated alkanes) is 14. The average molecular weight is 453 g/mol. The predicted molar refractivity (Wildman–Crippen MR) is 133 cm³/mol. The molecule has 0 aromatic heterocycles. The molecular weight excluding hydrogens is 400 g/mol. The summed E-state index contributed by atoms with van der Waals surface area (Å²) in [4.78, 5) is 23.6. The van der Waals surface area contributed by atoms with E-state index in [1.165, 1.54) is 103 Å². The maximum atomic E-state index is 11.8. The Labute approximate surface area is 198 Å². The normalized spacial score (nSPS) is 14.4. The minimum absolute atomic E-state index is 0.141. The van der Waals surface area contributed by atoms with Gasteiger partial charge in [-0.05, 0) is 25.2 Å². The molecule has 0 spiro atoms. The fourth-order valence-corrected chi connectivity index (χ4v) is 4.57. The van der Waals surface area contributed by atoms with Crippen LogP contribution >= 0.6 is 0 Å². The Morgan fingerprint density at radius 3 is 1.53 bits per heavy atom. The SMILES string of the molecule is CCCCCCCCCCCCCCCCCOC(=O)CCC(=O)OCC1CCCCC1. The molecule has 0 N–H and O–H groups in total. The topological polar surface area (TPSA) is 52.6 Å². The maximum Gasteiger partial charge on any atom is 0.306 e. The van der Waals surface area contributed by atoms with Gasteiger partial charge in [-0.3, -0.25) is 9.59 Å². The van der Waals surface area contributed by atoms with Gasteiger partial charge >= 0.3 is 11.9 Å². The molecular formula is C28H52O4. The zero-order valence-corrected chi connectivity index (χ0v) is 21.2. The van der Waals surface area contributed by atoms with Crippen molar-refractivity contribution in [1.29, 1.82) is 0 Å². The van der Waals surface area contributed by atoms with Gasteiger partial charge in [0.05, 0.1) is 26.1 Å². The highest BCUT2D eigenvalue weighted by atomic mass is 16.5. The van der Waals surface area contributed by atoms with Crippen molar-refractivity contribution in [3.63, 3.8) is 0 Å². The maximum absolute atomic E-state index is 11.8. The summed E-state index contributed by atoms with van der Waals surface area (Å²) in [7, 11) is 0. The van der Waals surface area contributed by atoms with Crippen molar-refractivity contribution < 1.29 is 19.1 Å². The van der Waals surface area contributed by atoms with Crippen molar-refractivity contribution in [2.45, 2.75) is 148 Å². The van der Waals surface area contributed by atoms with Crippen LogP contribution in [0.4, 0.5) is 0 Å². The second-order valence-electron chi connectivity index (χ2n) is 9.86. The molecule has 1 rings (SSSR count). The van der Waals surface area contributed by atoms with Crippen LogP contribution in [-0.2, 0) is 19.1 Å². The standard InChI is InChI=1S/C28H52O4/c1-2-3-4-5-6-7-8-9-10-11-12-13-14-15-19-24-31-27(29)22-23-28(30)32-25-26-20-17-16-18-21-26/h26H,2-25H2,1H3. The Kier molecular flexibility index (Phi) is 19.7. The molecule has 0 amide bonds. The van der Waals surface area contributed by atoms with Crippen LogP contribution in [-0.4, -0.2) is 25.2 Å². The van der Waals surface area contributed by atoms with E-state index in [1.54, 1.807) is 0 Å². The van der Waals surface area contributed by atoms with Gasteiger partial charge in [-0.15, -0.1) is 0 Å². The van der Waals surface area contributed by atoms with Gasteiger partial charge in [0.1, 0.15) is 0 Å². The van der Waals surface area contributed by atoms with E-state index in [0.717, 1.165) is 25.7 Å². The highest BCUT2D eigenvalue weighted by molar-refractivity contribution is 5.77. The number of esters is 2. The highest BCUT2D eigenvalue weighted by Crippen LogP contribution is 2.23. The Balaban J connectivity index is 1.77. The van der Waals surface area contributed by atoms with E-state index in [-0.39, 0.29) is 24.8 Å². The van der Waals surface area contributed by atoms with Crippen molar-refractivity contribution in [3.05, 3.63) is 0 Å². The Morgan fingerprint density at radius 1 is 0.594 bits per heavy atom. The molecule has 1 saturated carbocycles. The number of ether oxygens (including phenoxy) is 2. The van der Waals surface area contributed by atoms with Gasteiger partial charge in [0, 0.05) is 0 Å². The van der Waals surface area contributed by atoms with E-state index in [9.17, 15) is 9.59 Å². The van der Waals surface area contributed by atoms with E-state index in [4.69, 9.17) is 9.47 Å². The molecule has 0 bridgehead atoms. The van der Waals surface area contributed by atoms with Crippen molar-refractivity contribution in [3.8, 4) is 0 Å². The first-order valence-electron chi connectivity index (χ1n) is 14.0. The van der Waals surface area contributed by atoms with Crippen LogP contribution in [0.3, 0.4) is 0 Å². The summed E-state index contributed by atoms with van der Waals surface area (Å²) < 4.78 is 10.6. The number of hydrogen-bond donors (Lipinski definition) is 0. The lowest BCUT2D eigenvalue weighted by Gasteiger charge is -2.20. The molecule has 4 nitrogen and oxygen atoms in total. The van der Waals surface area contributed by atoms with Crippen molar-refractivity contribution in [2.75, 3.05) is 13.2 Å². The van der Waals surface area contributed by atoms with Crippen molar-refractivity contribution >= 4 is 11.9 Å². The van der Waals surface area contributed by atoms with Gasteiger partial charge in [-0.1, -0.05) is 116 Å². The van der Waals surface area contributed by atoms with Crippen LogP contribution in [0.15, 0.2) is 0 Å². The quantitative estimate of drug-likeness (QED) is 0.130. The molecule has 0 aromatic carbocycles. The second kappa shape index (κ2) is 21.8. The molecule has 188 valence electrons. The molecule has 0 unspecified atom stereocenters. The van der Waals surface area contributed by atoms with Crippen LogP contribution in [0.5, 0.6) is 0 Å². The summed E-state index contributed by atoms with van der Waals surface area (Å²) >= 11 is 0. The number of hydrogen-bond acceptors (Lipinski definition) is 4. The van der Waals surface area contributed by atoms with Crippen molar-refractivity contribution in [1.82, 2.24) is 0 Å². The molecule has 1 aliphatic rings. The minimum Gasteiger partial charge on any atom is -0.466 e. The predicted octanol–water partition coefficient (Wildman–Crippen LogP) is 8.30. The van der Waals surface area contributed by atoms with Gasteiger partial charge in [-0.25, -0.2) is 0 Å². The second-order valence-corrected chi connectivity index (χ2v) is 9.86. The van der Waals surface area contributed by atoms with Gasteiger partial charge < -0.3 is 9.47 Å². The van der Waals surface area contributed by atoms with E-state index in [0.29, 0.717) is 19.1 Å². The molecule has 0 aliphatic heterocycles. The van der Waals surface area contributed by atoms with E-state index >= 15 is 0 Å². The molecule has 4 heteroatoms. The molecule has 0 atom stereocenters. The van der Waals surface area contributed by atoms with Crippen LogP contribution in [0.2, 0.25) is 0 Å². The zero-order valence-electron chi connectivity index (χ0n) is 21.2. The first kappa shape index (κ1) is 29.0. The average Bonchev–Trinajstić information content (AvgIpc) is 2.81. The summed E-state index contributed by atoms with van der Waals surface area (Å²) in [6, 6.07) is 0. The van der Waals surface area contributed by atoms with E-state index in [1.807, 2.05) is 0 Å². The smallest absolute Gasteiger partial charge is 0.306 e. The fraction of sp³-hybridized carbons (Fsp3) is 0.929. The molecule has 0 radical (unpaired) electrons. The number of carbonyl (C=O) groups is 2. The lowest BCUT2D eigenvalue weighted by molar-refractivity contribution is -0.151. The molecule has 0 saturated heterocycles. The first-order valence-corrected chi connectivity index (χ1v) is 14.0. The van der Waals surface area contributed by atoms with Crippen LogP contribution in [0.1, 0.15) is 148 Å². The number of rotatable bonds is 21. The molecule has 1 fully saturated rings. The van der Waals surface area contributed by atoms with Gasteiger partial charge in [0.25, 0.3) is 0 Å². The third-order valence-electron chi connectivity index (χ3n) is 6.75.